The van der Waals surface area contributed by atoms with Crippen LogP contribution < -0.4 is 5.32 Å². The normalized spacial score (nSPS) is 14.6. The van der Waals surface area contributed by atoms with Gasteiger partial charge in [-0.05, 0) is 18.2 Å². The van der Waals surface area contributed by atoms with Gasteiger partial charge in [-0.15, -0.1) is 0 Å². The summed E-state index contributed by atoms with van der Waals surface area (Å²) in [6.07, 6.45) is -0.436. The highest BCUT2D eigenvalue weighted by molar-refractivity contribution is 9.10. The monoisotopic (exact) mass is 298 g/mol. The fourth-order valence-corrected chi connectivity index (χ4v) is 1.91. The van der Waals surface area contributed by atoms with Gasteiger partial charge in [-0.2, -0.15) is 0 Å². The van der Waals surface area contributed by atoms with E-state index in [1.165, 1.54) is 4.90 Å². The van der Waals surface area contributed by atoms with Crippen LogP contribution >= 0.6 is 15.9 Å². The van der Waals surface area contributed by atoms with Crippen molar-refractivity contribution in [1.29, 1.82) is 0 Å². The molecule has 1 fully saturated rings. The van der Waals surface area contributed by atoms with Crippen LogP contribution in [0, 0.1) is 0 Å². The van der Waals surface area contributed by atoms with Crippen LogP contribution in [-0.2, 0) is 9.53 Å². The summed E-state index contributed by atoms with van der Waals surface area (Å²) in [5.74, 6) is -0.234. The standard InChI is InChI=1S/C11H11BrN2O3/c12-8-2-1-3-9(6-8)13-10(15)7-14-4-5-17-11(14)16/h1-3,6H,4-5,7H2,(H,13,15). The highest BCUT2D eigenvalue weighted by atomic mass is 79.9. The van der Waals surface area contributed by atoms with Gasteiger partial charge in [0.15, 0.2) is 0 Å². The second-order valence-electron chi connectivity index (χ2n) is 3.59. The molecule has 0 atom stereocenters. The molecule has 1 heterocycles. The maximum atomic E-state index is 11.6. The third kappa shape index (κ3) is 3.20. The number of carbonyl (C=O) groups excluding carboxylic acids is 2. The predicted octanol–water partition coefficient (Wildman–Crippen LogP) is 1.84. The Morgan fingerprint density at radius 1 is 1.53 bits per heavy atom. The molecule has 90 valence electrons. The van der Waals surface area contributed by atoms with Crippen LogP contribution in [0.25, 0.3) is 0 Å². The smallest absolute Gasteiger partial charge is 0.410 e. The number of hydrogen-bond donors (Lipinski definition) is 1. The number of ether oxygens (including phenoxy) is 1. The lowest BCUT2D eigenvalue weighted by Gasteiger charge is -2.12. The molecule has 5 nitrogen and oxygen atoms in total. The second kappa shape index (κ2) is 5.18. The average molecular weight is 299 g/mol. The lowest BCUT2D eigenvalue weighted by Crippen LogP contribution is -2.33. The summed E-state index contributed by atoms with van der Waals surface area (Å²) in [6.45, 7) is 0.832. The zero-order chi connectivity index (χ0) is 12.3. The third-order valence-corrected chi connectivity index (χ3v) is 2.78. The van der Waals surface area contributed by atoms with Crippen LogP contribution in [0.2, 0.25) is 0 Å². The maximum Gasteiger partial charge on any atom is 0.410 e. The van der Waals surface area contributed by atoms with Gasteiger partial charge >= 0.3 is 6.09 Å². The molecule has 1 aromatic carbocycles. The van der Waals surface area contributed by atoms with Crippen LogP contribution in [-0.4, -0.2) is 36.6 Å². The first-order chi connectivity index (χ1) is 8.15. The molecule has 17 heavy (non-hydrogen) atoms. The molecule has 2 amide bonds. The predicted molar refractivity (Wildman–Crippen MR) is 65.7 cm³/mol. The van der Waals surface area contributed by atoms with E-state index in [2.05, 4.69) is 21.2 Å². The Bertz CT molecular complexity index is 450. The van der Waals surface area contributed by atoms with Crippen molar-refractivity contribution in [3.05, 3.63) is 28.7 Å². The Kier molecular flexibility index (Phi) is 3.63. The fourth-order valence-electron chi connectivity index (χ4n) is 1.51. The van der Waals surface area contributed by atoms with E-state index >= 15 is 0 Å². The van der Waals surface area contributed by atoms with E-state index in [0.29, 0.717) is 18.8 Å². The van der Waals surface area contributed by atoms with Gasteiger partial charge in [-0.25, -0.2) is 4.79 Å². The zero-order valence-corrected chi connectivity index (χ0v) is 10.6. The number of anilines is 1. The first kappa shape index (κ1) is 11.9. The topological polar surface area (TPSA) is 58.6 Å². The molecule has 1 saturated heterocycles. The Labute approximate surface area is 107 Å². The van der Waals surface area contributed by atoms with E-state index in [4.69, 9.17) is 4.74 Å². The van der Waals surface area contributed by atoms with Crippen molar-refractivity contribution in [3.8, 4) is 0 Å². The SMILES string of the molecule is O=C(CN1CCOC1=O)Nc1cccc(Br)c1. The lowest BCUT2D eigenvalue weighted by atomic mass is 10.3. The van der Waals surface area contributed by atoms with Crippen LogP contribution in [0.3, 0.4) is 0 Å². The van der Waals surface area contributed by atoms with E-state index in [9.17, 15) is 9.59 Å². The van der Waals surface area contributed by atoms with Gasteiger partial charge < -0.3 is 10.1 Å². The summed E-state index contributed by atoms with van der Waals surface area (Å²) in [7, 11) is 0. The highest BCUT2D eigenvalue weighted by Crippen LogP contribution is 2.15. The van der Waals surface area contributed by atoms with E-state index in [1.807, 2.05) is 12.1 Å². The molecular weight excluding hydrogens is 288 g/mol. The fraction of sp³-hybridized carbons (Fsp3) is 0.273. The van der Waals surface area contributed by atoms with Crippen molar-refractivity contribution in [2.45, 2.75) is 0 Å². The molecule has 0 aliphatic carbocycles. The van der Waals surface area contributed by atoms with Crippen LogP contribution in [0.1, 0.15) is 0 Å². The molecule has 1 aliphatic heterocycles. The molecule has 0 spiro atoms. The molecule has 0 unspecified atom stereocenters. The van der Waals surface area contributed by atoms with Crippen molar-refractivity contribution in [2.75, 3.05) is 25.0 Å². The largest absolute Gasteiger partial charge is 0.448 e. The summed E-state index contributed by atoms with van der Waals surface area (Å²) in [5, 5.41) is 2.71. The number of halogens is 1. The average Bonchev–Trinajstić information content (AvgIpc) is 2.64. The number of amides is 2. The number of cyclic esters (lactones) is 1. The number of hydrogen-bond acceptors (Lipinski definition) is 3. The Morgan fingerprint density at radius 3 is 3.00 bits per heavy atom. The number of nitrogens with one attached hydrogen (secondary N) is 1. The van der Waals surface area contributed by atoms with E-state index in [0.717, 1.165) is 4.47 Å². The summed E-state index contributed by atoms with van der Waals surface area (Å²) in [5.41, 5.74) is 0.692. The quantitative estimate of drug-likeness (QED) is 0.926. The molecule has 1 aliphatic rings. The van der Waals surface area contributed by atoms with Gasteiger partial charge in [0.2, 0.25) is 5.91 Å². The van der Waals surface area contributed by atoms with Crippen LogP contribution in [0.5, 0.6) is 0 Å². The van der Waals surface area contributed by atoms with E-state index in [1.54, 1.807) is 12.1 Å². The molecule has 0 aromatic heterocycles. The molecular formula is C11H11BrN2O3. The van der Waals surface area contributed by atoms with Crippen molar-refractivity contribution >= 4 is 33.6 Å². The molecule has 0 radical (unpaired) electrons. The molecule has 0 saturated carbocycles. The highest BCUT2D eigenvalue weighted by Gasteiger charge is 2.23. The Morgan fingerprint density at radius 2 is 2.35 bits per heavy atom. The number of rotatable bonds is 3. The number of carbonyl (C=O) groups is 2. The lowest BCUT2D eigenvalue weighted by molar-refractivity contribution is -0.116. The Hall–Kier alpha value is -1.56. The second-order valence-corrected chi connectivity index (χ2v) is 4.51. The first-order valence-electron chi connectivity index (χ1n) is 5.12. The van der Waals surface area contributed by atoms with Crippen molar-refractivity contribution in [2.24, 2.45) is 0 Å². The number of benzene rings is 1. The van der Waals surface area contributed by atoms with Gasteiger partial charge in [-0.1, -0.05) is 22.0 Å². The van der Waals surface area contributed by atoms with Gasteiger partial charge in [0.1, 0.15) is 13.2 Å². The molecule has 1 aromatic rings. The molecule has 0 bridgehead atoms. The minimum absolute atomic E-state index is 0.0192. The minimum Gasteiger partial charge on any atom is -0.448 e. The number of nitrogens with zero attached hydrogens (tertiary/aromatic N) is 1. The van der Waals surface area contributed by atoms with Crippen molar-refractivity contribution in [3.63, 3.8) is 0 Å². The molecule has 2 rings (SSSR count). The molecule has 6 heteroatoms. The van der Waals surface area contributed by atoms with Gasteiger partial charge in [0, 0.05) is 10.2 Å². The van der Waals surface area contributed by atoms with E-state index < -0.39 is 6.09 Å². The molecule has 1 N–H and O–H groups in total. The minimum atomic E-state index is -0.436. The van der Waals surface area contributed by atoms with Crippen molar-refractivity contribution < 1.29 is 14.3 Å². The van der Waals surface area contributed by atoms with E-state index in [-0.39, 0.29) is 12.5 Å². The van der Waals surface area contributed by atoms with Gasteiger partial charge in [-0.3, -0.25) is 9.69 Å². The Balaban J connectivity index is 1.91. The third-order valence-electron chi connectivity index (χ3n) is 2.29. The van der Waals surface area contributed by atoms with Gasteiger partial charge in [0.25, 0.3) is 0 Å². The summed E-state index contributed by atoms with van der Waals surface area (Å²) in [6, 6.07) is 7.27. The summed E-state index contributed by atoms with van der Waals surface area (Å²) < 4.78 is 5.62. The van der Waals surface area contributed by atoms with Crippen LogP contribution in [0.15, 0.2) is 28.7 Å². The van der Waals surface area contributed by atoms with Crippen LogP contribution in [0.4, 0.5) is 10.5 Å². The first-order valence-corrected chi connectivity index (χ1v) is 5.91. The summed E-state index contributed by atoms with van der Waals surface area (Å²) >= 11 is 3.31. The van der Waals surface area contributed by atoms with Crippen molar-refractivity contribution in [1.82, 2.24) is 4.90 Å². The summed E-state index contributed by atoms with van der Waals surface area (Å²) in [4.78, 5) is 24.2. The zero-order valence-electron chi connectivity index (χ0n) is 8.98. The maximum absolute atomic E-state index is 11.6. The van der Waals surface area contributed by atoms with Gasteiger partial charge in [0.05, 0.1) is 6.54 Å².